The lowest BCUT2D eigenvalue weighted by molar-refractivity contribution is 0.573. The number of hydrogen-bond donors (Lipinski definition) is 1. The number of anilines is 2. The van der Waals surface area contributed by atoms with Gasteiger partial charge in [0, 0.05) is 36.6 Å². The Balaban J connectivity index is 2.12. The number of rotatable bonds is 2. The molecule has 3 rings (SSSR count). The van der Waals surface area contributed by atoms with Crippen molar-refractivity contribution in [3.05, 3.63) is 30.2 Å². The van der Waals surface area contributed by atoms with Crippen LogP contribution in [0.3, 0.4) is 0 Å². The number of nitrogen functional groups attached to an aromatic ring is 1. The zero-order chi connectivity index (χ0) is 13.9. The van der Waals surface area contributed by atoms with Gasteiger partial charge in [0.1, 0.15) is 5.82 Å². The van der Waals surface area contributed by atoms with E-state index >= 15 is 0 Å². The normalized spacial score (nSPS) is 15.3. The summed E-state index contributed by atoms with van der Waals surface area (Å²) in [5.41, 5.74) is 8.85. The van der Waals surface area contributed by atoms with Crippen LogP contribution in [0.5, 0.6) is 0 Å². The van der Waals surface area contributed by atoms with Gasteiger partial charge in [-0.2, -0.15) is 4.98 Å². The quantitative estimate of drug-likeness (QED) is 0.906. The van der Waals surface area contributed by atoms with Gasteiger partial charge in [0.25, 0.3) is 0 Å². The number of hydrogen-bond acceptors (Lipinski definition) is 5. The minimum Gasteiger partial charge on any atom is -0.368 e. The summed E-state index contributed by atoms with van der Waals surface area (Å²) in [5, 5.41) is 0. The summed E-state index contributed by atoms with van der Waals surface area (Å²) in [6.45, 7) is 4.04. The molecule has 20 heavy (non-hydrogen) atoms. The van der Waals surface area contributed by atoms with Gasteiger partial charge in [-0.25, -0.2) is 4.98 Å². The van der Waals surface area contributed by atoms with E-state index in [1.807, 2.05) is 25.3 Å². The van der Waals surface area contributed by atoms with Crippen LogP contribution in [0.4, 0.5) is 11.8 Å². The first-order chi connectivity index (χ1) is 9.75. The molecular weight excluding hydrogens is 250 g/mol. The van der Waals surface area contributed by atoms with E-state index < -0.39 is 0 Å². The van der Waals surface area contributed by atoms with Gasteiger partial charge in [0.2, 0.25) is 5.95 Å². The third-order valence-electron chi connectivity index (χ3n) is 3.69. The van der Waals surface area contributed by atoms with Crippen LogP contribution in [-0.2, 0) is 0 Å². The molecule has 0 saturated carbocycles. The van der Waals surface area contributed by atoms with Crippen LogP contribution < -0.4 is 10.6 Å². The zero-order valence-electron chi connectivity index (χ0n) is 11.7. The maximum absolute atomic E-state index is 5.85. The van der Waals surface area contributed by atoms with E-state index in [4.69, 9.17) is 5.73 Å². The molecule has 0 radical (unpaired) electrons. The zero-order valence-corrected chi connectivity index (χ0v) is 11.7. The highest BCUT2D eigenvalue weighted by molar-refractivity contribution is 5.78. The lowest BCUT2D eigenvalue weighted by Gasteiger charge is -2.30. The van der Waals surface area contributed by atoms with Crippen molar-refractivity contribution in [3.63, 3.8) is 0 Å². The SMILES string of the molecule is Cc1nc(N)nc(N2CCCCC2)c1-c1cccnc1. The second-order valence-electron chi connectivity index (χ2n) is 5.16. The summed E-state index contributed by atoms with van der Waals surface area (Å²) >= 11 is 0. The Morgan fingerprint density at radius 3 is 2.65 bits per heavy atom. The van der Waals surface area contributed by atoms with E-state index in [2.05, 4.69) is 19.9 Å². The van der Waals surface area contributed by atoms with Gasteiger partial charge in [-0.15, -0.1) is 0 Å². The number of aryl methyl sites for hydroxylation is 1. The lowest BCUT2D eigenvalue weighted by atomic mass is 10.0. The average Bonchev–Trinajstić information content (AvgIpc) is 2.48. The molecule has 1 fully saturated rings. The molecule has 0 spiro atoms. The summed E-state index contributed by atoms with van der Waals surface area (Å²) in [6, 6.07) is 3.98. The fraction of sp³-hybridized carbons (Fsp3) is 0.400. The molecule has 1 saturated heterocycles. The summed E-state index contributed by atoms with van der Waals surface area (Å²) in [6.07, 6.45) is 7.33. The van der Waals surface area contributed by atoms with Crippen LogP contribution in [0.25, 0.3) is 11.1 Å². The maximum atomic E-state index is 5.85. The highest BCUT2D eigenvalue weighted by Crippen LogP contribution is 2.33. The molecule has 1 aliphatic rings. The minimum atomic E-state index is 0.343. The van der Waals surface area contributed by atoms with Crippen molar-refractivity contribution in [2.24, 2.45) is 0 Å². The Labute approximate surface area is 118 Å². The molecule has 0 aromatic carbocycles. The molecule has 0 unspecified atom stereocenters. The molecule has 0 bridgehead atoms. The van der Waals surface area contributed by atoms with E-state index in [-0.39, 0.29) is 0 Å². The van der Waals surface area contributed by atoms with Crippen molar-refractivity contribution in [3.8, 4) is 11.1 Å². The first kappa shape index (κ1) is 12.8. The molecule has 2 N–H and O–H groups in total. The van der Waals surface area contributed by atoms with E-state index in [1.54, 1.807) is 6.20 Å². The monoisotopic (exact) mass is 269 g/mol. The van der Waals surface area contributed by atoms with Crippen LogP contribution in [0.1, 0.15) is 25.0 Å². The standard InChI is InChI=1S/C15H19N5/c1-11-13(12-6-5-7-17-10-12)14(19-15(16)18-11)20-8-3-2-4-9-20/h5-7,10H,2-4,8-9H2,1H3,(H2,16,18,19). The molecule has 5 nitrogen and oxygen atoms in total. The molecule has 104 valence electrons. The molecule has 5 heteroatoms. The van der Waals surface area contributed by atoms with E-state index in [1.165, 1.54) is 19.3 Å². The predicted molar refractivity (Wildman–Crippen MR) is 80.5 cm³/mol. The molecular formula is C15H19N5. The van der Waals surface area contributed by atoms with Crippen LogP contribution in [0.2, 0.25) is 0 Å². The van der Waals surface area contributed by atoms with Crippen molar-refractivity contribution in [1.82, 2.24) is 15.0 Å². The summed E-state index contributed by atoms with van der Waals surface area (Å²) in [4.78, 5) is 15.3. The first-order valence-electron chi connectivity index (χ1n) is 7.05. The van der Waals surface area contributed by atoms with Crippen molar-refractivity contribution >= 4 is 11.8 Å². The highest BCUT2D eigenvalue weighted by atomic mass is 15.2. The van der Waals surface area contributed by atoms with Crippen molar-refractivity contribution in [2.75, 3.05) is 23.7 Å². The van der Waals surface area contributed by atoms with Gasteiger partial charge in [-0.1, -0.05) is 6.07 Å². The van der Waals surface area contributed by atoms with Crippen LogP contribution in [0.15, 0.2) is 24.5 Å². The van der Waals surface area contributed by atoms with E-state index in [0.29, 0.717) is 5.95 Å². The Bertz CT molecular complexity index is 591. The van der Waals surface area contributed by atoms with Crippen molar-refractivity contribution in [2.45, 2.75) is 26.2 Å². The molecule has 0 aliphatic carbocycles. The Morgan fingerprint density at radius 1 is 1.15 bits per heavy atom. The second-order valence-corrected chi connectivity index (χ2v) is 5.16. The Kier molecular flexibility index (Phi) is 3.50. The molecule has 3 heterocycles. The number of nitrogens with zero attached hydrogens (tertiary/aromatic N) is 4. The molecule has 2 aromatic heterocycles. The fourth-order valence-electron chi connectivity index (χ4n) is 2.76. The molecule has 1 aliphatic heterocycles. The maximum Gasteiger partial charge on any atom is 0.222 e. The number of nitrogens with two attached hydrogens (primary N) is 1. The third kappa shape index (κ3) is 2.43. The number of piperidine rings is 1. The second kappa shape index (κ2) is 5.45. The number of aromatic nitrogens is 3. The molecule has 0 amide bonds. The first-order valence-corrected chi connectivity index (χ1v) is 7.05. The van der Waals surface area contributed by atoms with Crippen molar-refractivity contribution < 1.29 is 0 Å². The lowest BCUT2D eigenvalue weighted by Crippen LogP contribution is -2.31. The summed E-state index contributed by atoms with van der Waals surface area (Å²) in [7, 11) is 0. The smallest absolute Gasteiger partial charge is 0.222 e. The van der Waals surface area contributed by atoms with Gasteiger partial charge in [0.15, 0.2) is 0 Å². The molecule has 0 atom stereocenters. The van der Waals surface area contributed by atoms with E-state index in [9.17, 15) is 0 Å². The summed E-state index contributed by atoms with van der Waals surface area (Å²) in [5.74, 6) is 1.29. The summed E-state index contributed by atoms with van der Waals surface area (Å²) < 4.78 is 0. The minimum absolute atomic E-state index is 0.343. The van der Waals surface area contributed by atoms with Gasteiger partial charge < -0.3 is 10.6 Å². The van der Waals surface area contributed by atoms with Gasteiger partial charge in [0.05, 0.1) is 5.69 Å². The predicted octanol–water partition coefficient (Wildman–Crippen LogP) is 2.42. The molecule has 2 aromatic rings. The Morgan fingerprint density at radius 2 is 1.95 bits per heavy atom. The van der Waals surface area contributed by atoms with Crippen LogP contribution in [-0.4, -0.2) is 28.0 Å². The van der Waals surface area contributed by atoms with Crippen molar-refractivity contribution in [1.29, 1.82) is 0 Å². The average molecular weight is 269 g/mol. The Hall–Kier alpha value is -2.17. The van der Waals surface area contributed by atoms with Gasteiger partial charge in [-0.05, 0) is 32.3 Å². The van der Waals surface area contributed by atoms with Gasteiger partial charge in [-0.3, -0.25) is 4.98 Å². The number of pyridine rings is 1. The topological polar surface area (TPSA) is 67.9 Å². The fourth-order valence-corrected chi connectivity index (χ4v) is 2.76. The largest absolute Gasteiger partial charge is 0.368 e. The van der Waals surface area contributed by atoms with Crippen LogP contribution >= 0.6 is 0 Å². The van der Waals surface area contributed by atoms with Gasteiger partial charge >= 0.3 is 0 Å². The third-order valence-corrected chi connectivity index (χ3v) is 3.69. The highest BCUT2D eigenvalue weighted by Gasteiger charge is 2.20. The van der Waals surface area contributed by atoms with Crippen LogP contribution in [0, 0.1) is 6.92 Å². The van der Waals surface area contributed by atoms with E-state index in [0.717, 1.165) is 35.7 Å².